The number of nitrogen functional groups attached to an aromatic ring is 1. The summed E-state index contributed by atoms with van der Waals surface area (Å²) in [5, 5.41) is 10.4. The van der Waals surface area contributed by atoms with Crippen molar-refractivity contribution < 1.29 is 4.79 Å². The lowest BCUT2D eigenvalue weighted by molar-refractivity contribution is -0.114. The van der Waals surface area contributed by atoms with E-state index in [1.54, 1.807) is 0 Å². The third-order valence-electron chi connectivity index (χ3n) is 6.41. The van der Waals surface area contributed by atoms with Gasteiger partial charge in [-0.25, -0.2) is 9.97 Å². The number of amides is 1. The number of aromatic nitrogens is 2. The van der Waals surface area contributed by atoms with Crippen LogP contribution in [0.15, 0.2) is 24.3 Å². The van der Waals surface area contributed by atoms with Gasteiger partial charge in [0.1, 0.15) is 11.4 Å². The zero-order valence-electron chi connectivity index (χ0n) is 16.8. The number of nitrogens with two attached hydrogens (primary N) is 2. The van der Waals surface area contributed by atoms with Crippen LogP contribution in [0.3, 0.4) is 0 Å². The summed E-state index contributed by atoms with van der Waals surface area (Å²) in [6.07, 6.45) is 2.96. The number of aryl methyl sites for hydroxylation is 1. The van der Waals surface area contributed by atoms with Crippen LogP contribution < -0.4 is 21.7 Å². The minimum absolute atomic E-state index is 0.0634. The van der Waals surface area contributed by atoms with Crippen molar-refractivity contribution in [2.45, 2.75) is 32.2 Å². The number of likely N-dealkylation sites (N-methyl/N-ethyl adjacent to an activating group) is 1. The van der Waals surface area contributed by atoms with Gasteiger partial charge in [0, 0.05) is 26.2 Å². The topological polar surface area (TPSA) is 134 Å². The normalized spacial score (nSPS) is 19.8. The summed E-state index contributed by atoms with van der Waals surface area (Å²) >= 11 is 0. The lowest BCUT2D eigenvalue weighted by Crippen LogP contribution is -2.45. The van der Waals surface area contributed by atoms with Crippen LogP contribution in [0.4, 0.5) is 11.6 Å². The number of nitrogens with one attached hydrogen (secondary N) is 2. The third kappa shape index (κ3) is 3.13. The number of hydrogen-bond acceptors (Lipinski definition) is 7. The van der Waals surface area contributed by atoms with E-state index in [-0.39, 0.29) is 28.7 Å². The van der Waals surface area contributed by atoms with E-state index in [0.717, 1.165) is 38.2 Å². The molecule has 1 aliphatic heterocycles. The number of anilines is 2. The van der Waals surface area contributed by atoms with Crippen LogP contribution in [0, 0.1) is 17.7 Å². The molecule has 1 fully saturated rings. The van der Waals surface area contributed by atoms with Gasteiger partial charge in [0.15, 0.2) is 11.6 Å². The van der Waals surface area contributed by atoms with Crippen molar-refractivity contribution in [3.8, 4) is 0 Å². The Morgan fingerprint density at radius 1 is 1.28 bits per heavy atom. The van der Waals surface area contributed by atoms with Crippen molar-refractivity contribution in [1.29, 1.82) is 5.41 Å². The Bertz CT molecular complexity index is 979. The number of piperidine rings is 1. The largest absolute Gasteiger partial charge is 0.382 e. The molecular formula is C21H27N7O. The Morgan fingerprint density at radius 2 is 1.97 bits per heavy atom. The lowest BCUT2D eigenvalue weighted by Gasteiger charge is -2.42. The Hall–Kier alpha value is -3.00. The molecule has 1 spiro atoms. The van der Waals surface area contributed by atoms with Gasteiger partial charge in [-0.3, -0.25) is 10.2 Å². The lowest BCUT2D eigenvalue weighted by atomic mass is 9.73. The molecule has 0 bridgehead atoms. The van der Waals surface area contributed by atoms with Gasteiger partial charge in [0.2, 0.25) is 0 Å². The summed E-state index contributed by atoms with van der Waals surface area (Å²) in [6.45, 7) is 3.48. The molecule has 0 radical (unpaired) electrons. The van der Waals surface area contributed by atoms with Gasteiger partial charge in [-0.05, 0) is 42.7 Å². The molecular weight excluding hydrogens is 366 g/mol. The highest BCUT2D eigenvalue weighted by atomic mass is 16.1. The first-order valence-corrected chi connectivity index (χ1v) is 9.90. The Balaban J connectivity index is 1.53. The van der Waals surface area contributed by atoms with Crippen LogP contribution in [0.5, 0.6) is 0 Å². The fourth-order valence-electron chi connectivity index (χ4n) is 4.71. The van der Waals surface area contributed by atoms with Crippen LogP contribution in [0.1, 0.15) is 41.4 Å². The van der Waals surface area contributed by atoms with Crippen LogP contribution in [-0.4, -0.2) is 41.7 Å². The van der Waals surface area contributed by atoms with E-state index in [2.05, 4.69) is 44.5 Å². The van der Waals surface area contributed by atoms with E-state index in [0.29, 0.717) is 5.69 Å². The van der Waals surface area contributed by atoms with Crippen molar-refractivity contribution in [3.05, 3.63) is 46.8 Å². The molecule has 1 aromatic carbocycles. The summed E-state index contributed by atoms with van der Waals surface area (Å²) in [7, 11) is 1.47. The molecule has 29 heavy (non-hydrogen) atoms. The Kier molecular flexibility index (Phi) is 4.74. The molecule has 152 valence electrons. The van der Waals surface area contributed by atoms with Gasteiger partial charge in [-0.1, -0.05) is 24.3 Å². The smallest absolute Gasteiger partial charge is 0.271 e. The molecule has 8 heteroatoms. The standard InChI is InChI=1S/C21H27N7O/c1-12-19(27-18(24)16(26-12)15(22)20(29)25-2)28-9-7-21(8-10-28)11-13-5-3-4-6-14(13)17(21)23/h3-6,17,22H,7-11,23H2,1-2H3,(H2,24,27)(H,25,29)/t17-/m1/s1. The Labute approximate surface area is 170 Å². The summed E-state index contributed by atoms with van der Waals surface area (Å²) < 4.78 is 0. The maximum absolute atomic E-state index is 11.7. The molecule has 0 unspecified atom stereocenters. The Morgan fingerprint density at radius 3 is 2.62 bits per heavy atom. The zero-order valence-corrected chi connectivity index (χ0v) is 16.8. The highest BCUT2D eigenvalue weighted by Gasteiger charge is 2.46. The van der Waals surface area contributed by atoms with Crippen molar-refractivity contribution in [1.82, 2.24) is 15.3 Å². The summed E-state index contributed by atoms with van der Waals surface area (Å²) in [4.78, 5) is 22.8. The minimum Gasteiger partial charge on any atom is -0.382 e. The molecule has 1 aliphatic carbocycles. The van der Waals surface area contributed by atoms with E-state index >= 15 is 0 Å². The molecule has 4 rings (SSSR count). The molecule has 6 N–H and O–H groups in total. The van der Waals surface area contributed by atoms with Gasteiger partial charge < -0.3 is 21.7 Å². The van der Waals surface area contributed by atoms with E-state index in [1.165, 1.54) is 18.2 Å². The predicted molar refractivity (Wildman–Crippen MR) is 113 cm³/mol. The number of rotatable bonds is 3. The number of nitrogens with zero attached hydrogens (tertiary/aromatic N) is 3. The summed E-state index contributed by atoms with van der Waals surface area (Å²) in [6, 6.07) is 8.55. The molecule has 1 aromatic heterocycles. The molecule has 2 heterocycles. The maximum atomic E-state index is 11.7. The van der Waals surface area contributed by atoms with Crippen LogP contribution in [0.25, 0.3) is 0 Å². The first-order valence-electron chi connectivity index (χ1n) is 9.90. The van der Waals surface area contributed by atoms with Crippen LogP contribution >= 0.6 is 0 Å². The second-order valence-electron chi connectivity index (χ2n) is 8.02. The second kappa shape index (κ2) is 7.11. The second-order valence-corrected chi connectivity index (χ2v) is 8.02. The zero-order chi connectivity index (χ0) is 20.8. The van der Waals surface area contributed by atoms with Gasteiger partial charge in [-0.2, -0.15) is 0 Å². The fraction of sp³-hybridized carbons (Fsp3) is 0.429. The van der Waals surface area contributed by atoms with Gasteiger partial charge in [-0.15, -0.1) is 0 Å². The van der Waals surface area contributed by atoms with Gasteiger partial charge in [0.05, 0.1) is 5.69 Å². The highest BCUT2D eigenvalue weighted by Crippen LogP contribution is 2.51. The quantitative estimate of drug-likeness (QED) is 0.581. The predicted octanol–water partition coefficient (Wildman–Crippen LogP) is 1.32. The number of carbonyl (C=O) groups is 1. The highest BCUT2D eigenvalue weighted by molar-refractivity contribution is 6.44. The van der Waals surface area contributed by atoms with E-state index < -0.39 is 5.91 Å². The van der Waals surface area contributed by atoms with Crippen molar-refractivity contribution in [2.24, 2.45) is 11.1 Å². The molecule has 1 amide bonds. The minimum atomic E-state index is -0.534. The molecule has 8 nitrogen and oxygen atoms in total. The average molecular weight is 393 g/mol. The monoisotopic (exact) mass is 393 g/mol. The van der Waals surface area contributed by atoms with E-state index in [4.69, 9.17) is 16.9 Å². The maximum Gasteiger partial charge on any atom is 0.271 e. The first kappa shape index (κ1) is 19.3. The average Bonchev–Trinajstić information content (AvgIpc) is 3.00. The van der Waals surface area contributed by atoms with Crippen LogP contribution in [-0.2, 0) is 11.2 Å². The van der Waals surface area contributed by atoms with Crippen molar-refractivity contribution in [2.75, 3.05) is 30.8 Å². The summed E-state index contributed by atoms with van der Waals surface area (Å²) in [5.74, 6) is 0.284. The number of hydrogen-bond donors (Lipinski definition) is 4. The number of benzene rings is 1. The number of carbonyl (C=O) groups excluding carboxylic acids is 1. The molecule has 0 saturated carbocycles. The fourth-order valence-corrected chi connectivity index (χ4v) is 4.71. The molecule has 2 aromatic rings. The van der Waals surface area contributed by atoms with E-state index in [1.807, 2.05) is 6.92 Å². The first-order chi connectivity index (χ1) is 13.9. The molecule has 2 aliphatic rings. The van der Waals surface area contributed by atoms with Gasteiger partial charge in [0.25, 0.3) is 5.91 Å². The SMILES string of the molecule is CNC(=O)C(=N)c1nc(C)c(N2CCC3(CC2)Cc2ccccc2[C@H]3N)nc1N. The van der Waals surface area contributed by atoms with Crippen molar-refractivity contribution >= 4 is 23.3 Å². The van der Waals surface area contributed by atoms with Gasteiger partial charge >= 0.3 is 0 Å². The third-order valence-corrected chi connectivity index (χ3v) is 6.41. The van der Waals surface area contributed by atoms with E-state index in [9.17, 15) is 4.79 Å². The molecule has 1 saturated heterocycles. The number of fused-ring (bicyclic) bond motifs is 1. The summed E-state index contributed by atoms with van der Waals surface area (Å²) in [5.41, 5.74) is 15.9. The van der Waals surface area contributed by atoms with Crippen LogP contribution in [0.2, 0.25) is 0 Å². The van der Waals surface area contributed by atoms with Crippen molar-refractivity contribution in [3.63, 3.8) is 0 Å². The molecule has 1 atom stereocenters.